The monoisotopic (exact) mass is 350 g/mol. The van der Waals surface area contributed by atoms with E-state index in [0.717, 1.165) is 11.4 Å². The second-order valence-electron chi connectivity index (χ2n) is 7.50. The van der Waals surface area contributed by atoms with E-state index in [-0.39, 0.29) is 11.9 Å². The molecule has 4 nitrogen and oxygen atoms in total. The average Bonchev–Trinajstić information content (AvgIpc) is 2.68. The molecule has 2 fully saturated rings. The fraction of sp³-hybridized carbons (Fsp3) is 0.455. The topological polar surface area (TPSA) is 51.2 Å². The zero-order chi connectivity index (χ0) is 17.9. The molecule has 1 N–H and O–H groups in total. The lowest BCUT2D eigenvalue weighted by Gasteiger charge is -2.55. The zero-order valence-corrected chi connectivity index (χ0v) is 15.2. The number of nitrogens with one attached hydrogen (secondary N) is 1. The van der Waals surface area contributed by atoms with Crippen molar-refractivity contribution in [1.29, 1.82) is 0 Å². The van der Waals surface area contributed by atoms with Gasteiger partial charge in [-0.3, -0.25) is 9.78 Å². The van der Waals surface area contributed by atoms with Gasteiger partial charge in [0.2, 0.25) is 5.91 Å². The van der Waals surface area contributed by atoms with Crippen molar-refractivity contribution in [3.8, 4) is 5.75 Å². The van der Waals surface area contributed by atoms with Crippen molar-refractivity contribution in [1.82, 2.24) is 10.3 Å². The number of carbonyl (C=O) groups excluding carboxylic acids is 1. The van der Waals surface area contributed by atoms with E-state index in [1.54, 1.807) is 13.3 Å². The predicted molar refractivity (Wildman–Crippen MR) is 101 cm³/mol. The number of benzene rings is 1. The van der Waals surface area contributed by atoms with E-state index >= 15 is 0 Å². The number of pyridine rings is 1. The summed E-state index contributed by atoms with van der Waals surface area (Å²) in [6.07, 6.45) is 7.18. The number of amides is 1. The van der Waals surface area contributed by atoms with Gasteiger partial charge >= 0.3 is 0 Å². The smallest absolute Gasteiger partial charge is 0.226 e. The molecule has 0 bridgehead atoms. The molecule has 0 aliphatic heterocycles. The molecule has 26 heavy (non-hydrogen) atoms. The lowest BCUT2D eigenvalue weighted by atomic mass is 9.53. The van der Waals surface area contributed by atoms with Crippen molar-refractivity contribution in [3.05, 3.63) is 59.9 Å². The SMILES string of the molecule is COc1ccc([C@H]2[C@@H]3CCCC[C@H]3[C@@H]2NC(=O)Cc2ccccn2)cc1. The highest BCUT2D eigenvalue weighted by Crippen LogP contribution is 2.54. The van der Waals surface area contributed by atoms with Crippen LogP contribution in [0.25, 0.3) is 0 Å². The molecule has 1 amide bonds. The van der Waals surface area contributed by atoms with Crippen molar-refractivity contribution >= 4 is 5.91 Å². The summed E-state index contributed by atoms with van der Waals surface area (Å²) in [6, 6.07) is 14.3. The van der Waals surface area contributed by atoms with Crippen molar-refractivity contribution in [2.75, 3.05) is 7.11 Å². The van der Waals surface area contributed by atoms with Crippen LogP contribution < -0.4 is 10.1 Å². The minimum absolute atomic E-state index is 0.0798. The van der Waals surface area contributed by atoms with Crippen LogP contribution in [0, 0.1) is 11.8 Å². The van der Waals surface area contributed by atoms with Crippen LogP contribution in [-0.2, 0) is 11.2 Å². The van der Waals surface area contributed by atoms with Crippen molar-refractivity contribution in [3.63, 3.8) is 0 Å². The highest BCUT2D eigenvalue weighted by molar-refractivity contribution is 5.78. The van der Waals surface area contributed by atoms with Gasteiger partial charge in [0, 0.05) is 23.9 Å². The quantitative estimate of drug-likeness (QED) is 0.894. The molecule has 1 aromatic heterocycles. The van der Waals surface area contributed by atoms with Crippen LogP contribution in [0.2, 0.25) is 0 Å². The zero-order valence-electron chi connectivity index (χ0n) is 15.2. The lowest BCUT2D eigenvalue weighted by molar-refractivity contribution is -0.124. The van der Waals surface area contributed by atoms with Crippen LogP contribution in [0.15, 0.2) is 48.7 Å². The summed E-state index contributed by atoms with van der Waals surface area (Å²) in [6.45, 7) is 0. The van der Waals surface area contributed by atoms with Crippen LogP contribution >= 0.6 is 0 Å². The van der Waals surface area contributed by atoms with E-state index in [1.807, 2.05) is 30.3 Å². The minimum atomic E-state index is 0.0798. The molecule has 2 saturated carbocycles. The largest absolute Gasteiger partial charge is 0.497 e. The van der Waals surface area contributed by atoms with E-state index in [9.17, 15) is 4.79 Å². The molecule has 2 aliphatic rings. The summed E-state index contributed by atoms with van der Waals surface area (Å²) in [7, 11) is 1.69. The highest BCUT2D eigenvalue weighted by Gasteiger charge is 2.51. The Labute approximate surface area is 155 Å². The van der Waals surface area contributed by atoms with Gasteiger partial charge in [-0.05, 0) is 54.5 Å². The summed E-state index contributed by atoms with van der Waals surface area (Å²) in [5.41, 5.74) is 2.14. The Balaban J connectivity index is 1.49. The van der Waals surface area contributed by atoms with Crippen LogP contribution in [0.4, 0.5) is 0 Å². The summed E-state index contributed by atoms with van der Waals surface area (Å²) in [4.78, 5) is 16.9. The maximum absolute atomic E-state index is 12.6. The number of hydrogen-bond acceptors (Lipinski definition) is 3. The first-order valence-electron chi connectivity index (χ1n) is 9.59. The summed E-state index contributed by atoms with van der Waals surface area (Å²) < 4.78 is 5.29. The molecular weight excluding hydrogens is 324 g/mol. The van der Waals surface area contributed by atoms with Gasteiger partial charge in [-0.15, -0.1) is 0 Å². The fourth-order valence-electron chi connectivity index (χ4n) is 4.85. The number of nitrogens with zero attached hydrogens (tertiary/aromatic N) is 1. The third kappa shape index (κ3) is 3.33. The Bertz CT molecular complexity index is 744. The average molecular weight is 350 g/mol. The molecule has 2 aromatic rings. The lowest BCUT2D eigenvalue weighted by Crippen LogP contribution is -2.59. The standard InChI is InChI=1S/C22H26N2O2/c1-26-17-11-9-15(10-12-17)21-18-7-2-3-8-19(18)22(21)24-20(25)14-16-6-4-5-13-23-16/h4-6,9-13,18-19,21-22H,2-3,7-8,14H2,1H3,(H,24,25)/t18-,19-,21+,22+/m1/s1. The van der Waals surface area contributed by atoms with E-state index in [2.05, 4.69) is 22.4 Å². The molecule has 4 heteroatoms. The first-order valence-corrected chi connectivity index (χ1v) is 9.59. The summed E-state index contributed by atoms with van der Waals surface area (Å²) in [5.74, 6) is 2.68. The fourth-order valence-corrected chi connectivity index (χ4v) is 4.85. The molecule has 4 atom stereocenters. The molecule has 1 aromatic carbocycles. The van der Waals surface area contributed by atoms with Crippen LogP contribution in [0.1, 0.15) is 42.9 Å². The summed E-state index contributed by atoms with van der Waals surface area (Å²) >= 11 is 0. The third-order valence-electron chi connectivity index (χ3n) is 6.08. The third-order valence-corrected chi connectivity index (χ3v) is 6.08. The van der Waals surface area contributed by atoms with Crippen LogP contribution in [0.5, 0.6) is 5.75 Å². The predicted octanol–water partition coefficient (Wildman–Crippen LogP) is 3.72. The Kier molecular flexibility index (Phi) is 4.91. The van der Waals surface area contributed by atoms with Crippen molar-refractivity contribution in [2.45, 2.75) is 44.1 Å². The van der Waals surface area contributed by atoms with E-state index in [1.165, 1.54) is 31.2 Å². The number of aromatic nitrogens is 1. The van der Waals surface area contributed by atoms with Gasteiger partial charge in [0.1, 0.15) is 5.75 Å². The molecule has 4 rings (SSSR count). The number of fused-ring (bicyclic) bond motifs is 1. The molecule has 136 valence electrons. The Hall–Kier alpha value is -2.36. The maximum Gasteiger partial charge on any atom is 0.226 e. The van der Waals surface area contributed by atoms with Gasteiger partial charge in [0.05, 0.1) is 13.5 Å². The highest BCUT2D eigenvalue weighted by atomic mass is 16.5. The molecular formula is C22H26N2O2. The van der Waals surface area contributed by atoms with Gasteiger partial charge in [0.25, 0.3) is 0 Å². The van der Waals surface area contributed by atoms with Crippen molar-refractivity contribution < 1.29 is 9.53 Å². The van der Waals surface area contributed by atoms with E-state index in [4.69, 9.17) is 4.74 Å². The Morgan fingerprint density at radius 3 is 2.58 bits per heavy atom. The second kappa shape index (κ2) is 7.48. The second-order valence-corrected chi connectivity index (χ2v) is 7.50. The minimum Gasteiger partial charge on any atom is -0.497 e. The Morgan fingerprint density at radius 2 is 1.88 bits per heavy atom. The number of ether oxygens (including phenoxy) is 1. The number of rotatable bonds is 5. The van der Waals surface area contributed by atoms with Gasteiger partial charge in [-0.25, -0.2) is 0 Å². The first kappa shape index (κ1) is 17.1. The number of methoxy groups -OCH3 is 1. The van der Waals surface area contributed by atoms with Crippen LogP contribution in [-0.4, -0.2) is 24.0 Å². The van der Waals surface area contributed by atoms with Crippen molar-refractivity contribution in [2.24, 2.45) is 11.8 Å². The van der Waals surface area contributed by atoms with E-state index in [0.29, 0.717) is 24.2 Å². The molecule has 1 heterocycles. The number of hydrogen-bond donors (Lipinski definition) is 1. The normalized spacial score (nSPS) is 27.1. The van der Waals surface area contributed by atoms with Gasteiger partial charge in [0.15, 0.2) is 0 Å². The molecule has 2 aliphatic carbocycles. The molecule has 0 spiro atoms. The molecule has 0 unspecified atom stereocenters. The van der Waals surface area contributed by atoms with Gasteiger partial charge < -0.3 is 10.1 Å². The number of carbonyl (C=O) groups is 1. The van der Waals surface area contributed by atoms with Crippen LogP contribution in [0.3, 0.4) is 0 Å². The van der Waals surface area contributed by atoms with E-state index < -0.39 is 0 Å². The first-order chi connectivity index (χ1) is 12.8. The summed E-state index contributed by atoms with van der Waals surface area (Å²) in [5, 5.41) is 3.33. The maximum atomic E-state index is 12.6. The molecule has 0 radical (unpaired) electrons. The molecule has 0 saturated heterocycles. The van der Waals surface area contributed by atoms with Gasteiger partial charge in [-0.2, -0.15) is 0 Å². The van der Waals surface area contributed by atoms with Gasteiger partial charge in [-0.1, -0.05) is 31.0 Å². The Morgan fingerprint density at radius 1 is 1.12 bits per heavy atom.